The summed E-state index contributed by atoms with van der Waals surface area (Å²) in [6.45, 7) is 0. The number of carbonyl (C=O) groups is 1. The van der Waals surface area contributed by atoms with Gasteiger partial charge in [-0.3, -0.25) is 4.79 Å². The number of amides is 1. The normalized spacial score (nSPS) is 19.5. The van der Waals surface area contributed by atoms with Crippen LogP contribution in [0.25, 0.3) is 10.9 Å². The summed E-state index contributed by atoms with van der Waals surface area (Å²) in [6.07, 6.45) is -6.23. The van der Waals surface area contributed by atoms with Gasteiger partial charge in [0.2, 0.25) is 0 Å². The highest BCUT2D eigenvalue weighted by molar-refractivity contribution is 6.06. The van der Waals surface area contributed by atoms with Gasteiger partial charge in [-0.1, -0.05) is 6.07 Å². The Morgan fingerprint density at radius 3 is 2.12 bits per heavy atom. The predicted octanol–water partition coefficient (Wildman–Crippen LogP) is 5.75. The Bertz CT molecular complexity index is 1110. The van der Waals surface area contributed by atoms with Gasteiger partial charge < -0.3 is 15.6 Å². The number of carbonyl (C=O) groups excluding carboxylic acids is 1. The van der Waals surface area contributed by atoms with Crippen molar-refractivity contribution < 1.29 is 31.1 Å². The molecule has 5 nitrogen and oxygen atoms in total. The lowest BCUT2D eigenvalue weighted by molar-refractivity contribution is -0.150. The highest BCUT2D eigenvalue weighted by Gasteiger charge is 2.39. The lowest BCUT2D eigenvalue weighted by Crippen LogP contribution is -2.40. The number of aromatic amines is 1. The van der Waals surface area contributed by atoms with Crippen molar-refractivity contribution >= 4 is 22.5 Å². The number of nitrogens with zero attached hydrogens (tertiary/aromatic N) is 1. The summed E-state index contributed by atoms with van der Waals surface area (Å²) in [5, 5.41) is 6.54. The van der Waals surface area contributed by atoms with Crippen molar-refractivity contribution in [3.63, 3.8) is 0 Å². The average molecular weight is 470 g/mol. The van der Waals surface area contributed by atoms with Crippen LogP contribution in [0.3, 0.4) is 0 Å². The maximum atomic E-state index is 13.0. The van der Waals surface area contributed by atoms with Crippen molar-refractivity contribution in [1.29, 1.82) is 0 Å². The van der Waals surface area contributed by atoms with Gasteiger partial charge in [0.15, 0.2) is 0 Å². The largest absolute Gasteiger partial charge is 0.433 e. The molecule has 0 spiro atoms. The summed E-state index contributed by atoms with van der Waals surface area (Å²) in [4.78, 5) is 18.5. The molecule has 1 aliphatic carbocycles. The molecule has 0 aliphatic heterocycles. The number of anilines is 1. The van der Waals surface area contributed by atoms with Gasteiger partial charge in [-0.2, -0.15) is 26.3 Å². The maximum Gasteiger partial charge on any atom is 0.433 e. The zero-order chi connectivity index (χ0) is 23.8. The minimum absolute atomic E-state index is 0.140. The van der Waals surface area contributed by atoms with Gasteiger partial charge in [0.05, 0.1) is 0 Å². The van der Waals surface area contributed by atoms with Crippen molar-refractivity contribution in [2.24, 2.45) is 0 Å². The fraction of sp³-hybridized carbons (Fsp3) is 0.364. The van der Waals surface area contributed by atoms with E-state index in [0.717, 1.165) is 10.9 Å². The van der Waals surface area contributed by atoms with E-state index in [2.05, 4.69) is 20.6 Å². The Morgan fingerprint density at radius 2 is 1.52 bits per heavy atom. The third kappa shape index (κ3) is 5.23. The molecule has 3 aromatic rings. The third-order valence-electron chi connectivity index (χ3n) is 5.68. The summed E-state index contributed by atoms with van der Waals surface area (Å²) in [7, 11) is 0. The van der Waals surface area contributed by atoms with E-state index >= 15 is 0 Å². The highest BCUT2D eigenvalue weighted by Crippen LogP contribution is 2.35. The highest BCUT2D eigenvalue weighted by atomic mass is 19.4. The number of alkyl halides is 6. The lowest BCUT2D eigenvalue weighted by atomic mass is 9.90. The van der Waals surface area contributed by atoms with E-state index in [-0.39, 0.29) is 23.7 Å². The zero-order valence-corrected chi connectivity index (χ0v) is 17.1. The number of fused-ring (bicyclic) bond motifs is 1. The van der Waals surface area contributed by atoms with Crippen LogP contribution in [0.4, 0.5) is 32.0 Å². The summed E-state index contributed by atoms with van der Waals surface area (Å²) in [5.41, 5.74) is -2.11. The van der Waals surface area contributed by atoms with E-state index < -0.39 is 23.7 Å². The molecule has 1 aromatic carbocycles. The van der Waals surface area contributed by atoms with Crippen LogP contribution in [-0.4, -0.2) is 28.0 Å². The molecule has 2 heterocycles. The van der Waals surface area contributed by atoms with Crippen LogP contribution in [0.1, 0.15) is 47.4 Å². The number of rotatable bonds is 4. The van der Waals surface area contributed by atoms with E-state index in [4.69, 9.17) is 0 Å². The number of hydrogen-bond acceptors (Lipinski definition) is 3. The molecule has 1 fully saturated rings. The van der Waals surface area contributed by atoms with Crippen LogP contribution in [0.15, 0.2) is 42.6 Å². The van der Waals surface area contributed by atoms with Gasteiger partial charge in [0.1, 0.15) is 11.4 Å². The molecule has 11 heteroatoms. The number of hydrogen-bond donors (Lipinski definition) is 3. The Morgan fingerprint density at radius 1 is 0.909 bits per heavy atom. The monoisotopic (exact) mass is 470 g/mol. The summed E-state index contributed by atoms with van der Waals surface area (Å²) < 4.78 is 78.0. The number of pyridine rings is 1. The predicted molar refractivity (Wildman–Crippen MR) is 110 cm³/mol. The van der Waals surface area contributed by atoms with E-state index in [1.807, 2.05) is 12.1 Å². The van der Waals surface area contributed by atoms with Crippen molar-refractivity contribution in [2.75, 3.05) is 5.32 Å². The molecule has 0 saturated heterocycles. The summed E-state index contributed by atoms with van der Waals surface area (Å²) in [6, 6.07) is 7.86. The van der Waals surface area contributed by atoms with Crippen molar-refractivity contribution in [1.82, 2.24) is 15.3 Å². The second-order valence-electron chi connectivity index (χ2n) is 8.03. The molecule has 0 atom stereocenters. The van der Waals surface area contributed by atoms with Gasteiger partial charge in [-0.05, 0) is 56.0 Å². The molecule has 1 amide bonds. The van der Waals surface area contributed by atoms with Gasteiger partial charge in [-0.25, -0.2) is 4.98 Å². The molecule has 4 rings (SSSR count). The number of halogens is 6. The second kappa shape index (κ2) is 8.60. The Labute approximate surface area is 184 Å². The summed E-state index contributed by atoms with van der Waals surface area (Å²) in [5.74, 6) is -0.226. The first-order valence-corrected chi connectivity index (χ1v) is 10.3. The average Bonchev–Trinajstić information content (AvgIpc) is 3.22. The van der Waals surface area contributed by atoms with Crippen LogP contribution in [0.5, 0.6) is 0 Å². The van der Waals surface area contributed by atoms with Crippen LogP contribution >= 0.6 is 0 Å². The minimum atomic E-state index is -5.00. The van der Waals surface area contributed by atoms with Gasteiger partial charge >= 0.3 is 12.4 Å². The van der Waals surface area contributed by atoms with Gasteiger partial charge in [0.25, 0.3) is 5.91 Å². The maximum absolute atomic E-state index is 13.0. The van der Waals surface area contributed by atoms with Gasteiger partial charge in [0, 0.05) is 40.4 Å². The molecular formula is C22H20F6N4O. The van der Waals surface area contributed by atoms with Crippen molar-refractivity contribution in [3.8, 4) is 0 Å². The number of nitrogens with one attached hydrogen (secondary N) is 3. The first-order valence-electron chi connectivity index (χ1n) is 10.3. The Balaban J connectivity index is 1.39. The minimum Gasteiger partial charge on any atom is -0.382 e. The topological polar surface area (TPSA) is 69.8 Å². The van der Waals surface area contributed by atoms with E-state index in [1.165, 1.54) is 0 Å². The van der Waals surface area contributed by atoms with E-state index in [1.54, 1.807) is 18.3 Å². The quantitative estimate of drug-likeness (QED) is 0.425. The first kappa shape index (κ1) is 22.9. The molecule has 1 saturated carbocycles. The fourth-order valence-electron chi connectivity index (χ4n) is 4.07. The first-order chi connectivity index (χ1) is 15.5. The SMILES string of the molecule is O=C(N[C@H]1CC[C@@H](Nc2cc(C(F)(F)F)nc(C(F)(F)F)c2)CC1)c1cccc2[nH]ccc12. The molecule has 33 heavy (non-hydrogen) atoms. The van der Waals surface area contributed by atoms with Gasteiger partial charge in [-0.15, -0.1) is 0 Å². The van der Waals surface area contributed by atoms with Crippen molar-refractivity contribution in [3.05, 3.63) is 59.5 Å². The number of benzene rings is 1. The molecular weight excluding hydrogens is 450 g/mol. The van der Waals surface area contributed by atoms with Crippen molar-refractivity contribution in [2.45, 2.75) is 50.1 Å². The number of aromatic nitrogens is 2. The summed E-state index contributed by atoms with van der Waals surface area (Å²) >= 11 is 0. The standard InChI is InChI=1S/C22H20F6N4O/c23-21(24,25)18-10-14(11-19(32-18)22(26,27)28)30-12-4-6-13(7-5-12)31-20(33)16-2-1-3-17-15(16)8-9-29-17/h1-3,8-13,29H,4-7H2,(H,30,32)(H,31,33)/t12-,13+. The Kier molecular flexibility index (Phi) is 5.98. The van der Waals surface area contributed by atoms with Crippen LogP contribution in [0, 0.1) is 0 Å². The zero-order valence-electron chi connectivity index (χ0n) is 17.1. The molecule has 0 bridgehead atoms. The third-order valence-corrected chi connectivity index (χ3v) is 5.68. The fourth-order valence-corrected chi connectivity index (χ4v) is 4.07. The smallest absolute Gasteiger partial charge is 0.382 e. The van der Waals surface area contributed by atoms with Crippen LogP contribution in [0.2, 0.25) is 0 Å². The molecule has 1 aliphatic rings. The van der Waals surface area contributed by atoms with Crippen LogP contribution < -0.4 is 10.6 Å². The molecule has 2 aromatic heterocycles. The number of H-pyrrole nitrogens is 1. The lowest BCUT2D eigenvalue weighted by Gasteiger charge is -2.30. The Hall–Kier alpha value is -3.24. The molecule has 0 radical (unpaired) electrons. The van der Waals surface area contributed by atoms with E-state index in [0.29, 0.717) is 43.4 Å². The molecule has 0 unspecified atom stereocenters. The van der Waals surface area contributed by atoms with E-state index in [9.17, 15) is 31.1 Å². The molecule has 176 valence electrons. The van der Waals surface area contributed by atoms with Crippen LogP contribution in [-0.2, 0) is 12.4 Å². The second-order valence-corrected chi connectivity index (χ2v) is 8.03. The molecule has 3 N–H and O–H groups in total.